The van der Waals surface area contributed by atoms with Crippen LogP contribution in [0.1, 0.15) is 44.8 Å². The van der Waals surface area contributed by atoms with Crippen LogP contribution >= 0.6 is 0 Å². The van der Waals surface area contributed by atoms with E-state index in [-0.39, 0.29) is 12.1 Å². The number of amides is 1. The van der Waals surface area contributed by atoms with Crippen LogP contribution in [0, 0.1) is 11.3 Å². The molecule has 3 fully saturated rings. The third-order valence-electron chi connectivity index (χ3n) is 7.66. The van der Waals surface area contributed by atoms with Gasteiger partial charge in [-0.1, -0.05) is 13.3 Å². The average Bonchev–Trinajstić information content (AvgIpc) is 3.38. The molecule has 1 aromatic rings. The van der Waals surface area contributed by atoms with Crippen molar-refractivity contribution in [3.8, 4) is 0 Å². The van der Waals surface area contributed by atoms with Gasteiger partial charge in [-0.05, 0) is 50.1 Å². The van der Waals surface area contributed by atoms with Gasteiger partial charge < -0.3 is 14.4 Å². The molecule has 29 heavy (non-hydrogen) atoms. The zero-order valence-corrected chi connectivity index (χ0v) is 17.3. The second-order valence-corrected chi connectivity index (χ2v) is 9.00. The number of nitrogens with zero attached hydrogens (tertiary/aromatic N) is 4. The quantitative estimate of drug-likeness (QED) is 0.748. The minimum absolute atomic E-state index is 0.196. The van der Waals surface area contributed by atoms with Crippen LogP contribution in [0.4, 0.5) is 9.18 Å². The molecular formula is C21H33FN4O3. The van der Waals surface area contributed by atoms with Gasteiger partial charge in [-0.25, -0.2) is 14.2 Å². The van der Waals surface area contributed by atoms with Crippen molar-refractivity contribution in [3.05, 3.63) is 18.4 Å². The minimum atomic E-state index is -0.777. The molecule has 4 rings (SSSR count). The molecule has 1 N–H and O–H groups in total. The molecule has 1 aliphatic carbocycles. The van der Waals surface area contributed by atoms with Crippen molar-refractivity contribution < 1.29 is 18.7 Å². The summed E-state index contributed by atoms with van der Waals surface area (Å²) < 4.78 is 18.5. The van der Waals surface area contributed by atoms with Gasteiger partial charge in [0.15, 0.2) is 6.39 Å². The smallest absolute Gasteiger partial charge is 0.407 e. The van der Waals surface area contributed by atoms with Crippen molar-refractivity contribution in [3.63, 3.8) is 0 Å². The summed E-state index contributed by atoms with van der Waals surface area (Å²) in [6.45, 7) is 6.39. The predicted molar refractivity (Wildman–Crippen MR) is 106 cm³/mol. The fourth-order valence-electron chi connectivity index (χ4n) is 6.18. The summed E-state index contributed by atoms with van der Waals surface area (Å²) in [6.07, 6.45) is 7.67. The molecule has 0 aromatic carbocycles. The number of carboxylic acid groups (broad SMARTS) is 1. The highest BCUT2D eigenvalue weighted by atomic mass is 19.1. The van der Waals surface area contributed by atoms with Gasteiger partial charge in [-0.2, -0.15) is 0 Å². The first-order valence-corrected chi connectivity index (χ1v) is 11.0. The van der Waals surface area contributed by atoms with Crippen LogP contribution in [0.5, 0.6) is 0 Å². The number of hydrogen-bond acceptors (Lipinski definition) is 5. The van der Waals surface area contributed by atoms with E-state index >= 15 is 0 Å². The third kappa shape index (κ3) is 4.01. The lowest BCUT2D eigenvalue weighted by atomic mass is 9.54. The molecular weight excluding hydrogens is 375 g/mol. The van der Waals surface area contributed by atoms with Crippen molar-refractivity contribution in [2.45, 2.75) is 57.7 Å². The first kappa shape index (κ1) is 20.6. The molecule has 7 nitrogen and oxygen atoms in total. The van der Waals surface area contributed by atoms with Gasteiger partial charge in [0.1, 0.15) is 12.4 Å². The molecule has 1 aromatic heterocycles. The summed E-state index contributed by atoms with van der Waals surface area (Å²) in [5.41, 5.74) is 0.196. The summed E-state index contributed by atoms with van der Waals surface area (Å²) in [7, 11) is 0. The van der Waals surface area contributed by atoms with Crippen LogP contribution in [0.25, 0.3) is 0 Å². The number of hydrogen-bond donors (Lipinski definition) is 1. The Morgan fingerprint density at radius 2 is 2.21 bits per heavy atom. The molecule has 1 amide bonds. The Morgan fingerprint density at radius 1 is 1.41 bits per heavy atom. The Balaban J connectivity index is 1.32. The minimum Gasteiger partial charge on any atom is -0.465 e. The van der Waals surface area contributed by atoms with Crippen molar-refractivity contribution in [2.75, 3.05) is 39.4 Å². The number of rotatable bonds is 7. The topological polar surface area (TPSA) is 73.1 Å². The maximum atomic E-state index is 13.1. The van der Waals surface area contributed by atoms with Crippen molar-refractivity contribution >= 4 is 6.09 Å². The summed E-state index contributed by atoms with van der Waals surface area (Å²) in [5.74, 6) is 1.37. The SMILES string of the molecule is CCC1C(N2CCC(N(CCF)Cc3cnco3)CC2)CC12CCN(C(=O)O)C2. The van der Waals surface area contributed by atoms with E-state index in [1.807, 2.05) is 0 Å². The monoisotopic (exact) mass is 408 g/mol. The Hall–Kier alpha value is -1.67. The van der Waals surface area contributed by atoms with Gasteiger partial charge in [0.05, 0.1) is 12.7 Å². The number of carbonyl (C=O) groups is 1. The lowest BCUT2D eigenvalue weighted by molar-refractivity contribution is -0.0830. The van der Waals surface area contributed by atoms with Gasteiger partial charge in [0.25, 0.3) is 0 Å². The molecule has 3 atom stereocenters. The standard InChI is InChI=1S/C21H33FN4O3/c1-2-18-19(11-21(18)5-9-26(14-21)20(27)28)24-7-3-16(4-8-24)25(10-6-22)13-17-12-23-15-29-17/h12,15-16,18-19H,2-11,13-14H2,1H3,(H,27,28). The number of oxazole rings is 1. The van der Waals surface area contributed by atoms with Gasteiger partial charge in [-0.15, -0.1) is 0 Å². The van der Waals surface area contributed by atoms with Crippen LogP contribution < -0.4 is 0 Å². The van der Waals surface area contributed by atoms with E-state index in [0.29, 0.717) is 44.2 Å². The zero-order chi connectivity index (χ0) is 20.4. The lowest BCUT2D eigenvalue weighted by Gasteiger charge is -2.58. The highest BCUT2D eigenvalue weighted by Gasteiger charge is 2.57. The fraction of sp³-hybridized carbons (Fsp3) is 0.810. The average molecular weight is 409 g/mol. The largest absolute Gasteiger partial charge is 0.465 e. The maximum absolute atomic E-state index is 13.1. The summed E-state index contributed by atoms with van der Waals surface area (Å²) in [5, 5.41) is 9.33. The fourth-order valence-corrected chi connectivity index (χ4v) is 6.18. The number of aromatic nitrogens is 1. The van der Waals surface area contributed by atoms with Crippen molar-refractivity contribution in [1.29, 1.82) is 0 Å². The van der Waals surface area contributed by atoms with Crippen LogP contribution in [-0.4, -0.2) is 82.4 Å². The molecule has 162 valence electrons. The Kier molecular flexibility index (Phi) is 6.11. The van der Waals surface area contributed by atoms with E-state index in [1.54, 1.807) is 11.1 Å². The first-order valence-electron chi connectivity index (χ1n) is 11.0. The molecule has 1 spiro atoms. The highest BCUT2D eigenvalue weighted by Crippen LogP contribution is 2.56. The molecule has 3 aliphatic rings. The van der Waals surface area contributed by atoms with Crippen LogP contribution in [0.15, 0.2) is 17.0 Å². The molecule has 2 saturated heterocycles. The normalized spacial score (nSPS) is 30.9. The van der Waals surface area contributed by atoms with Crippen molar-refractivity contribution in [1.82, 2.24) is 19.7 Å². The number of piperidine rings is 1. The summed E-state index contributed by atoms with van der Waals surface area (Å²) in [6, 6.07) is 0.939. The number of alkyl halides is 1. The Morgan fingerprint density at radius 3 is 2.79 bits per heavy atom. The summed E-state index contributed by atoms with van der Waals surface area (Å²) >= 11 is 0. The van der Waals surface area contributed by atoms with E-state index in [2.05, 4.69) is 21.7 Å². The van der Waals surface area contributed by atoms with Gasteiger partial charge >= 0.3 is 6.09 Å². The predicted octanol–water partition coefficient (Wildman–Crippen LogP) is 3.08. The summed E-state index contributed by atoms with van der Waals surface area (Å²) in [4.78, 5) is 21.7. The number of likely N-dealkylation sites (tertiary alicyclic amines) is 2. The molecule has 3 unspecified atom stereocenters. The molecule has 0 bridgehead atoms. The first-order chi connectivity index (χ1) is 14.1. The molecule has 3 heterocycles. The van der Waals surface area contributed by atoms with Crippen molar-refractivity contribution in [2.24, 2.45) is 11.3 Å². The molecule has 8 heteroatoms. The Labute approximate surface area is 171 Å². The van der Waals surface area contributed by atoms with E-state index in [4.69, 9.17) is 4.42 Å². The van der Waals surface area contributed by atoms with E-state index < -0.39 is 6.09 Å². The Bertz CT molecular complexity index is 679. The van der Waals surface area contributed by atoms with Gasteiger partial charge in [0.2, 0.25) is 0 Å². The van der Waals surface area contributed by atoms with Crippen LogP contribution in [-0.2, 0) is 6.54 Å². The van der Waals surface area contributed by atoms with E-state index in [1.165, 1.54) is 6.39 Å². The molecule has 0 radical (unpaired) electrons. The van der Waals surface area contributed by atoms with Gasteiger partial charge in [-0.3, -0.25) is 9.80 Å². The van der Waals surface area contributed by atoms with Crippen LogP contribution in [0.2, 0.25) is 0 Å². The maximum Gasteiger partial charge on any atom is 0.407 e. The van der Waals surface area contributed by atoms with Gasteiger partial charge in [0, 0.05) is 31.7 Å². The highest BCUT2D eigenvalue weighted by molar-refractivity contribution is 5.65. The second kappa shape index (κ2) is 8.60. The molecule has 2 aliphatic heterocycles. The molecule has 1 saturated carbocycles. The van der Waals surface area contributed by atoms with Crippen LogP contribution in [0.3, 0.4) is 0 Å². The third-order valence-corrected chi connectivity index (χ3v) is 7.66. The zero-order valence-electron chi connectivity index (χ0n) is 17.3. The lowest BCUT2D eigenvalue weighted by Crippen LogP contribution is -2.62. The second-order valence-electron chi connectivity index (χ2n) is 9.00. The van der Waals surface area contributed by atoms with E-state index in [9.17, 15) is 14.3 Å². The number of halogens is 1. The van der Waals surface area contributed by atoms with E-state index in [0.717, 1.165) is 51.0 Å².